The van der Waals surface area contributed by atoms with Crippen LogP contribution in [0.15, 0.2) is 36.4 Å². The Morgan fingerprint density at radius 2 is 1.73 bits per heavy atom. The van der Waals surface area contributed by atoms with Gasteiger partial charge in [0.25, 0.3) is 0 Å². The first-order valence-electron chi connectivity index (χ1n) is 6.51. The van der Waals surface area contributed by atoms with E-state index in [0.29, 0.717) is 5.56 Å². The highest BCUT2D eigenvalue weighted by molar-refractivity contribution is 5.68. The van der Waals surface area contributed by atoms with Crippen molar-refractivity contribution in [3.63, 3.8) is 0 Å². The summed E-state index contributed by atoms with van der Waals surface area (Å²) in [5.74, 6) is -2.05. The quantitative estimate of drug-likeness (QED) is 0.636. The van der Waals surface area contributed by atoms with Crippen LogP contribution in [-0.4, -0.2) is 11.2 Å². The maximum absolute atomic E-state index is 14.1. The van der Waals surface area contributed by atoms with Gasteiger partial charge in [-0.15, -0.1) is 0 Å². The molecule has 1 saturated heterocycles. The average Bonchev–Trinajstić information content (AvgIpc) is 2.44. The Bertz CT molecular complexity index is 727. The molecule has 1 aliphatic rings. The normalized spacial score (nSPS) is 20.5. The first kappa shape index (κ1) is 14.6. The molecule has 5 nitrogen and oxygen atoms in total. The van der Waals surface area contributed by atoms with Crippen LogP contribution in [0.1, 0.15) is 18.8 Å². The molecule has 3 rings (SSSR count). The number of rotatable bonds is 3. The molecule has 0 atom stereocenters. The number of halogens is 2. The fourth-order valence-electron chi connectivity index (χ4n) is 2.27. The van der Waals surface area contributed by atoms with Crippen molar-refractivity contribution in [2.24, 2.45) is 0 Å². The standard InChI is InChI=1S/C15H11F2NO4/c1-8-21-15(22-8)10-4-2-9(3-5-10)13-11(16)6-7-12(14(13)17)18(19)20/h2-8,15H,1H3. The number of nitro groups is 1. The second-order valence-corrected chi connectivity index (χ2v) is 4.81. The molecule has 0 saturated carbocycles. The molecule has 2 aromatic carbocycles. The van der Waals surface area contributed by atoms with Crippen LogP contribution < -0.4 is 0 Å². The van der Waals surface area contributed by atoms with Crippen molar-refractivity contribution < 1.29 is 23.2 Å². The van der Waals surface area contributed by atoms with Crippen LogP contribution in [-0.2, 0) is 9.47 Å². The maximum atomic E-state index is 14.1. The van der Waals surface area contributed by atoms with Gasteiger partial charge < -0.3 is 9.47 Å². The van der Waals surface area contributed by atoms with Crippen molar-refractivity contribution in [1.29, 1.82) is 0 Å². The topological polar surface area (TPSA) is 61.6 Å². The molecule has 114 valence electrons. The Kier molecular flexibility index (Phi) is 3.59. The second kappa shape index (κ2) is 5.43. The minimum absolute atomic E-state index is 0.204. The lowest BCUT2D eigenvalue weighted by Crippen LogP contribution is -2.31. The van der Waals surface area contributed by atoms with Crippen LogP contribution in [0.2, 0.25) is 0 Å². The molecule has 1 aliphatic heterocycles. The van der Waals surface area contributed by atoms with E-state index in [1.165, 1.54) is 12.1 Å². The average molecular weight is 307 g/mol. The lowest BCUT2D eigenvalue weighted by atomic mass is 10.0. The highest BCUT2D eigenvalue weighted by Crippen LogP contribution is 2.35. The Balaban J connectivity index is 1.97. The van der Waals surface area contributed by atoms with Crippen molar-refractivity contribution in [1.82, 2.24) is 0 Å². The van der Waals surface area contributed by atoms with Gasteiger partial charge >= 0.3 is 5.69 Å². The molecule has 0 aliphatic carbocycles. The molecule has 0 bridgehead atoms. The van der Waals surface area contributed by atoms with Gasteiger partial charge in [0, 0.05) is 11.6 Å². The Hall–Kier alpha value is -2.38. The number of nitro benzene ring substituents is 1. The molecule has 7 heteroatoms. The number of nitrogens with zero attached hydrogens (tertiary/aromatic N) is 1. The van der Waals surface area contributed by atoms with Gasteiger partial charge in [0.15, 0.2) is 12.6 Å². The van der Waals surface area contributed by atoms with E-state index < -0.39 is 34.1 Å². The minimum Gasteiger partial charge on any atom is -0.320 e. The lowest BCUT2D eigenvalue weighted by Gasteiger charge is -2.33. The molecule has 1 fully saturated rings. The highest BCUT2D eigenvalue weighted by atomic mass is 19.1. The van der Waals surface area contributed by atoms with E-state index in [9.17, 15) is 18.9 Å². The molecule has 0 N–H and O–H groups in total. The van der Waals surface area contributed by atoms with Gasteiger partial charge in [0.2, 0.25) is 5.82 Å². The third-order valence-corrected chi connectivity index (χ3v) is 3.37. The molecular weight excluding hydrogens is 296 g/mol. The monoisotopic (exact) mass is 307 g/mol. The van der Waals surface area contributed by atoms with Crippen molar-refractivity contribution >= 4 is 5.69 Å². The van der Waals surface area contributed by atoms with Crippen LogP contribution in [0.25, 0.3) is 11.1 Å². The number of hydrogen-bond acceptors (Lipinski definition) is 4. The summed E-state index contributed by atoms with van der Waals surface area (Å²) in [4.78, 5) is 9.86. The first-order valence-corrected chi connectivity index (χ1v) is 6.51. The van der Waals surface area contributed by atoms with Gasteiger partial charge in [-0.1, -0.05) is 24.3 Å². The predicted octanol–water partition coefficient (Wildman–Crippen LogP) is 3.93. The van der Waals surface area contributed by atoms with Gasteiger partial charge in [0.1, 0.15) is 5.82 Å². The summed E-state index contributed by atoms with van der Waals surface area (Å²) in [7, 11) is 0. The second-order valence-electron chi connectivity index (χ2n) is 4.81. The molecule has 1 heterocycles. The van der Waals surface area contributed by atoms with Gasteiger partial charge in [-0.3, -0.25) is 10.1 Å². The summed E-state index contributed by atoms with van der Waals surface area (Å²) in [6.07, 6.45) is -0.778. The molecular formula is C15H11F2NO4. The SMILES string of the molecule is CC1OC(c2ccc(-c3c(F)ccc([N+](=O)[O-])c3F)cc2)O1. The third-order valence-electron chi connectivity index (χ3n) is 3.37. The van der Waals surface area contributed by atoms with Crippen LogP contribution in [0, 0.1) is 21.7 Å². The van der Waals surface area contributed by atoms with E-state index in [4.69, 9.17) is 9.47 Å². The smallest absolute Gasteiger partial charge is 0.305 e. The van der Waals surface area contributed by atoms with E-state index in [2.05, 4.69) is 0 Å². The van der Waals surface area contributed by atoms with E-state index in [0.717, 1.165) is 12.1 Å². The summed E-state index contributed by atoms with van der Waals surface area (Å²) >= 11 is 0. The number of hydrogen-bond donors (Lipinski definition) is 0. The molecule has 0 spiro atoms. The molecule has 2 aromatic rings. The van der Waals surface area contributed by atoms with Crippen molar-refractivity contribution in [2.75, 3.05) is 0 Å². The van der Waals surface area contributed by atoms with E-state index in [1.807, 2.05) is 0 Å². The minimum atomic E-state index is -1.19. The summed E-state index contributed by atoms with van der Waals surface area (Å²) in [6.45, 7) is 1.75. The zero-order chi connectivity index (χ0) is 15.9. The Labute approximate surface area is 124 Å². The number of ether oxygens (including phenoxy) is 2. The van der Waals surface area contributed by atoms with E-state index in [-0.39, 0.29) is 11.9 Å². The van der Waals surface area contributed by atoms with Gasteiger partial charge in [0.05, 0.1) is 10.5 Å². The van der Waals surface area contributed by atoms with E-state index in [1.54, 1.807) is 19.1 Å². The molecule has 0 radical (unpaired) electrons. The third kappa shape index (κ3) is 2.44. The van der Waals surface area contributed by atoms with Crippen LogP contribution in [0.4, 0.5) is 14.5 Å². The maximum Gasteiger partial charge on any atom is 0.305 e. The van der Waals surface area contributed by atoms with Crippen molar-refractivity contribution in [3.05, 3.63) is 63.7 Å². The van der Waals surface area contributed by atoms with Crippen molar-refractivity contribution in [2.45, 2.75) is 19.5 Å². The molecule has 0 unspecified atom stereocenters. The lowest BCUT2D eigenvalue weighted by molar-refractivity contribution is -0.387. The fourth-order valence-corrected chi connectivity index (χ4v) is 2.27. The van der Waals surface area contributed by atoms with Crippen LogP contribution >= 0.6 is 0 Å². The Morgan fingerprint density at radius 3 is 2.27 bits per heavy atom. The summed E-state index contributed by atoms with van der Waals surface area (Å²) in [6, 6.07) is 7.82. The summed E-state index contributed by atoms with van der Waals surface area (Å²) in [5.41, 5.74) is -0.285. The van der Waals surface area contributed by atoms with E-state index >= 15 is 0 Å². The van der Waals surface area contributed by atoms with Crippen LogP contribution in [0.5, 0.6) is 0 Å². The van der Waals surface area contributed by atoms with Gasteiger partial charge in [-0.05, 0) is 18.6 Å². The zero-order valence-electron chi connectivity index (χ0n) is 11.5. The largest absolute Gasteiger partial charge is 0.320 e. The van der Waals surface area contributed by atoms with Gasteiger partial charge in [-0.2, -0.15) is 4.39 Å². The first-order chi connectivity index (χ1) is 10.5. The molecule has 22 heavy (non-hydrogen) atoms. The summed E-state index contributed by atoms with van der Waals surface area (Å²) < 4.78 is 38.6. The van der Waals surface area contributed by atoms with Gasteiger partial charge in [-0.25, -0.2) is 4.39 Å². The fraction of sp³-hybridized carbons (Fsp3) is 0.200. The molecule has 0 aromatic heterocycles. The number of benzene rings is 2. The highest BCUT2D eigenvalue weighted by Gasteiger charge is 2.28. The Morgan fingerprint density at radius 1 is 1.09 bits per heavy atom. The summed E-state index contributed by atoms with van der Waals surface area (Å²) in [5, 5.41) is 10.7. The molecule has 0 amide bonds. The van der Waals surface area contributed by atoms with Crippen LogP contribution in [0.3, 0.4) is 0 Å². The predicted molar refractivity (Wildman–Crippen MR) is 72.8 cm³/mol. The van der Waals surface area contributed by atoms with Crippen molar-refractivity contribution in [3.8, 4) is 11.1 Å². The zero-order valence-corrected chi connectivity index (χ0v) is 11.5.